The monoisotopic (exact) mass is 308 g/mol. The Bertz CT molecular complexity index is 634. The molecule has 0 unspecified atom stereocenters. The van der Waals surface area contributed by atoms with Crippen LogP contribution in [-0.4, -0.2) is 18.1 Å². The number of nitrogens with two attached hydrogens (primary N) is 1. The number of methoxy groups -OCH3 is 1. The normalized spacial score (nSPS) is 10.3. The molecule has 2 aromatic rings. The zero-order chi connectivity index (χ0) is 14.5. The van der Waals surface area contributed by atoms with E-state index in [1.807, 2.05) is 18.2 Å². The molecule has 0 fully saturated rings. The summed E-state index contributed by atoms with van der Waals surface area (Å²) in [6.45, 7) is 0.352. The van der Waals surface area contributed by atoms with Gasteiger partial charge in [-0.3, -0.25) is 0 Å². The summed E-state index contributed by atoms with van der Waals surface area (Å²) in [5.74, 6) is -0.387. The summed E-state index contributed by atoms with van der Waals surface area (Å²) in [4.78, 5) is 17.3. The Morgan fingerprint density at radius 3 is 2.85 bits per heavy atom. The van der Waals surface area contributed by atoms with E-state index in [4.69, 9.17) is 22.1 Å². The SMILES string of the molecule is COC(=O)c1ccccc1Sc1c(CN)ccnc1Cl. The van der Waals surface area contributed by atoms with Gasteiger partial charge in [0.05, 0.1) is 17.6 Å². The predicted octanol–water partition coefficient (Wildman–Crippen LogP) is 3.13. The van der Waals surface area contributed by atoms with Crippen molar-refractivity contribution in [2.24, 2.45) is 5.73 Å². The van der Waals surface area contributed by atoms with Crippen molar-refractivity contribution in [1.82, 2.24) is 4.98 Å². The molecular weight excluding hydrogens is 296 g/mol. The lowest BCUT2D eigenvalue weighted by molar-refractivity contribution is 0.0597. The Hall–Kier alpha value is -1.56. The molecule has 1 heterocycles. The van der Waals surface area contributed by atoms with Crippen LogP contribution in [0.2, 0.25) is 5.15 Å². The smallest absolute Gasteiger partial charge is 0.339 e. The minimum absolute atomic E-state index is 0.352. The van der Waals surface area contributed by atoms with Gasteiger partial charge in [0.15, 0.2) is 0 Å². The summed E-state index contributed by atoms with van der Waals surface area (Å²) in [6.07, 6.45) is 1.61. The molecule has 0 aliphatic rings. The van der Waals surface area contributed by atoms with Crippen LogP contribution in [0.5, 0.6) is 0 Å². The Balaban J connectivity index is 2.43. The Labute approximate surface area is 126 Å². The molecule has 20 heavy (non-hydrogen) atoms. The van der Waals surface area contributed by atoms with E-state index in [2.05, 4.69) is 4.98 Å². The summed E-state index contributed by atoms with van der Waals surface area (Å²) < 4.78 is 4.78. The first-order chi connectivity index (χ1) is 9.67. The number of rotatable bonds is 4. The van der Waals surface area contributed by atoms with Gasteiger partial charge in [-0.15, -0.1) is 0 Å². The quantitative estimate of drug-likeness (QED) is 0.694. The topological polar surface area (TPSA) is 65.2 Å². The molecule has 1 aromatic carbocycles. The highest BCUT2D eigenvalue weighted by molar-refractivity contribution is 7.99. The number of carbonyl (C=O) groups is 1. The maximum atomic E-state index is 11.8. The van der Waals surface area contributed by atoms with Crippen LogP contribution in [0.1, 0.15) is 15.9 Å². The maximum Gasteiger partial charge on any atom is 0.339 e. The summed E-state index contributed by atoms with van der Waals surface area (Å²) >= 11 is 7.48. The molecule has 2 rings (SSSR count). The van der Waals surface area contributed by atoms with Gasteiger partial charge in [0, 0.05) is 17.6 Å². The molecule has 0 bridgehead atoms. The average molecular weight is 309 g/mol. The molecule has 0 aliphatic heterocycles. The van der Waals surface area contributed by atoms with Crippen molar-refractivity contribution in [3.63, 3.8) is 0 Å². The second-order valence-corrected chi connectivity index (χ2v) is 5.29. The minimum atomic E-state index is -0.387. The van der Waals surface area contributed by atoms with Gasteiger partial charge in [-0.2, -0.15) is 0 Å². The van der Waals surface area contributed by atoms with Gasteiger partial charge in [-0.1, -0.05) is 35.5 Å². The number of aromatic nitrogens is 1. The lowest BCUT2D eigenvalue weighted by atomic mass is 10.2. The van der Waals surface area contributed by atoms with E-state index in [1.165, 1.54) is 18.9 Å². The molecule has 0 atom stereocenters. The van der Waals surface area contributed by atoms with Gasteiger partial charge in [-0.05, 0) is 23.8 Å². The number of hydrogen-bond acceptors (Lipinski definition) is 5. The number of pyridine rings is 1. The third kappa shape index (κ3) is 3.12. The molecule has 0 saturated carbocycles. The van der Waals surface area contributed by atoms with Gasteiger partial charge in [0.1, 0.15) is 5.15 Å². The summed E-state index contributed by atoms with van der Waals surface area (Å²) in [5, 5.41) is 0.373. The molecule has 0 spiro atoms. The molecule has 104 valence electrons. The van der Waals surface area contributed by atoms with Crippen molar-refractivity contribution in [3.05, 3.63) is 52.8 Å². The van der Waals surface area contributed by atoms with Crippen molar-refractivity contribution in [3.8, 4) is 0 Å². The first-order valence-electron chi connectivity index (χ1n) is 5.86. The molecule has 0 amide bonds. The zero-order valence-electron chi connectivity index (χ0n) is 10.8. The molecule has 4 nitrogen and oxygen atoms in total. The van der Waals surface area contributed by atoms with E-state index >= 15 is 0 Å². The van der Waals surface area contributed by atoms with Gasteiger partial charge in [0.25, 0.3) is 0 Å². The first-order valence-corrected chi connectivity index (χ1v) is 7.05. The lowest BCUT2D eigenvalue weighted by Gasteiger charge is -2.11. The Morgan fingerprint density at radius 1 is 1.40 bits per heavy atom. The molecule has 0 aliphatic carbocycles. The van der Waals surface area contributed by atoms with E-state index in [0.717, 1.165) is 15.4 Å². The largest absolute Gasteiger partial charge is 0.465 e. The minimum Gasteiger partial charge on any atom is -0.465 e. The third-order valence-electron chi connectivity index (χ3n) is 2.67. The van der Waals surface area contributed by atoms with Crippen LogP contribution in [0.25, 0.3) is 0 Å². The fraction of sp³-hybridized carbons (Fsp3) is 0.143. The molecule has 6 heteroatoms. The summed E-state index contributed by atoms with van der Waals surface area (Å²) in [5.41, 5.74) is 7.08. The van der Waals surface area contributed by atoms with Gasteiger partial charge in [0.2, 0.25) is 0 Å². The number of ether oxygens (including phenoxy) is 1. The number of esters is 1. The van der Waals surface area contributed by atoms with Crippen LogP contribution in [-0.2, 0) is 11.3 Å². The summed E-state index contributed by atoms with van der Waals surface area (Å²) in [6, 6.07) is 8.99. The van der Waals surface area contributed by atoms with Crippen molar-refractivity contribution in [2.45, 2.75) is 16.3 Å². The maximum absolute atomic E-state index is 11.8. The number of carbonyl (C=O) groups excluding carboxylic acids is 1. The van der Waals surface area contributed by atoms with Crippen molar-refractivity contribution >= 4 is 29.3 Å². The average Bonchev–Trinajstić information content (AvgIpc) is 2.49. The fourth-order valence-electron chi connectivity index (χ4n) is 1.67. The van der Waals surface area contributed by atoms with E-state index in [1.54, 1.807) is 18.3 Å². The van der Waals surface area contributed by atoms with Crippen LogP contribution in [0.15, 0.2) is 46.3 Å². The highest BCUT2D eigenvalue weighted by atomic mass is 35.5. The first kappa shape index (κ1) is 14.8. The number of halogens is 1. The fourth-order valence-corrected chi connectivity index (χ4v) is 3.01. The second-order valence-electron chi connectivity index (χ2n) is 3.88. The van der Waals surface area contributed by atoms with E-state index in [9.17, 15) is 4.79 Å². The molecule has 2 N–H and O–H groups in total. The zero-order valence-corrected chi connectivity index (χ0v) is 12.4. The van der Waals surface area contributed by atoms with E-state index in [-0.39, 0.29) is 5.97 Å². The predicted molar refractivity (Wildman–Crippen MR) is 79.0 cm³/mol. The van der Waals surface area contributed by atoms with Gasteiger partial charge in [-0.25, -0.2) is 9.78 Å². The van der Waals surface area contributed by atoms with E-state index < -0.39 is 0 Å². The van der Waals surface area contributed by atoms with Gasteiger partial charge < -0.3 is 10.5 Å². The van der Waals surface area contributed by atoms with E-state index in [0.29, 0.717) is 17.3 Å². The van der Waals surface area contributed by atoms with Crippen molar-refractivity contribution in [1.29, 1.82) is 0 Å². The number of hydrogen-bond donors (Lipinski definition) is 1. The summed E-state index contributed by atoms with van der Waals surface area (Å²) in [7, 11) is 1.35. The van der Waals surface area contributed by atoms with Crippen LogP contribution < -0.4 is 5.73 Å². The molecule has 0 saturated heterocycles. The van der Waals surface area contributed by atoms with Crippen LogP contribution in [0, 0.1) is 0 Å². The van der Waals surface area contributed by atoms with Gasteiger partial charge >= 0.3 is 5.97 Å². The second kappa shape index (κ2) is 6.74. The molecule has 1 aromatic heterocycles. The van der Waals surface area contributed by atoms with Crippen molar-refractivity contribution < 1.29 is 9.53 Å². The Kier molecular flexibility index (Phi) is 5.00. The highest BCUT2D eigenvalue weighted by Gasteiger charge is 2.15. The third-order valence-corrected chi connectivity index (χ3v) is 4.30. The lowest BCUT2D eigenvalue weighted by Crippen LogP contribution is -2.04. The number of nitrogens with zero attached hydrogens (tertiary/aromatic N) is 1. The highest BCUT2D eigenvalue weighted by Crippen LogP contribution is 2.36. The van der Waals surface area contributed by atoms with Crippen LogP contribution >= 0.6 is 23.4 Å². The van der Waals surface area contributed by atoms with Crippen molar-refractivity contribution in [2.75, 3.05) is 7.11 Å². The number of benzene rings is 1. The Morgan fingerprint density at radius 2 is 2.15 bits per heavy atom. The molecule has 0 radical (unpaired) electrons. The van der Waals surface area contributed by atoms with Crippen LogP contribution in [0.3, 0.4) is 0 Å². The standard InChI is InChI=1S/C14H13ClN2O2S/c1-19-14(18)10-4-2-3-5-11(10)20-12-9(8-16)6-7-17-13(12)15/h2-7H,8,16H2,1H3. The van der Waals surface area contributed by atoms with Crippen LogP contribution in [0.4, 0.5) is 0 Å². The molecular formula is C14H13ClN2O2S.